The first-order chi connectivity index (χ1) is 12.8. The van der Waals surface area contributed by atoms with Crippen LogP contribution in [-0.4, -0.2) is 32.9 Å². The SMILES string of the molecule is CC(C)(C)OC(=O)N1CCc2c(c(I)nn2-c2ccc(C3CCC3)cc2)C1. The summed E-state index contributed by atoms with van der Waals surface area (Å²) in [5, 5.41) is 4.76. The van der Waals surface area contributed by atoms with Crippen LogP contribution in [0.5, 0.6) is 0 Å². The van der Waals surface area contributed by atoms with Gasteiger partial charge >= 0.3 is 6.09 Å². The summed E-state index contributed by atoms with van der Waals surface area (Å²) in [6, 6.07) is 8.85. The summed E-state index contributed by atoms with van der Waals surface area (Å²) in [6.07, 6.45) is 4.52. The molecule has 0 radical (unpaired) electrons. The zero-order chi connectivity index (χ0) is 19.2. The third-order valence-electron chi connectivity index (χ3n) is 5.37. The van der Waals surface area contributed by atoms with Crippen molar-refractivity contribution in [2.45, 2.75) is 64.5 Å². The van der Waals surface area contributed by atoms with Crippen molar-refractivity contribution in [3.63, 3.8) is 0 Å². The number of ether oxygens (including phenoxy) is 1. The van der Waals surface area contributed by atoms with Gasteiger partial charge in [-0.3, -0.25) is 0 Å². The highest BCUT2D eigenvalue weighted by atomic mass is 127. The Hall–Kier alpha value is -1.57. The van der Waals surface area contributed by atoms with Crippen molar-refractivity contribution in [2.24, 2.45) is 0 Å². The van der Waals surface area contributed by atoms with E-state index in [0.29, 0.717) is 13.1 Å². The van der Waals surface area contributed by atoms with E-state index in [1.54, 1.807) is 4.90 Å². The van der Waals surface area contributed by atoms with Crippen molar-refractivity contribution in [3.05, 3.63) is 44.8 Å². The molecule has 0 spiro atoms. The molecule has 1 saturated carbocycles. The number of carbonyl (C=O) groups is 1. The van der Waals surface area contributed by atoms with E-state index in [0.717, 1.165) is 27.3 Å². The number of nitrogens with zero attached hydrogens (tertiary/aromatic N) is 3. The zero-order valence-electron chi connectivity index (χ0n) is 16.2. The smallest absolute Gasteiger partial charge is 0.410 e. The van der Waals surface area contributed by atoms with Crippen LogP contribution in [-0.2, 0) is 17.7 Å². The van der Waals surface area contributed by atoms with Gasteiger partial charge in [0.05, 0.1) is 17.9 Å². The molecule has 2 aromatic rings. The van der Waals surface area contributed by atoms with Gasteiger partial charge in [0.15, 0.2) is 0 Å². The molecule has 4 rings (SSSR count). The van der Waals surface area contributed by atoms with Gasteiger partial charge in [-0.25, -0.2) is 9.48 Å². The summed E-state index contributed by atoms with van der Waals surface area (Å²) < 4.78 is 8.54. The molecule has 1 aromatic carbocycles. The number of aromatic nitrogens is 2. The summed E-state index contributed by atoms with van der Waals surface area (Å²) >= 11 is 2.27. The monoisotopic (exact) mass is 479 g/mol. The molecule has 1 aliphatic heterocycles. The van der Waals surface area contributed by atoms with Crippen LogP contribution >= 0.6 is 22.6 Å². The molecule has 5 nitrogen and oxygen atoms in total. The number of amides is 1. The summed E-state index contributed by atoms with van der Waals surface area (Å²) in [7, 11) is 0. The highest BCUT2D eigenvalue weighted by Gasteiger charge is 2.30. The van der Waals surface area contributed by atoms with Crippen LogP contribution < -0.4 is 0 Å². The Morgan fingerprint density at radius 2 is 1.93 bits per heavy atom. The Kier molecular flexibility index (Phi) is 4.94. The molecule has 0 atom stereocenters. The lowest BCUT2D eigenvalue weighted by Gasteiger charge is -2.30. The first-order valence-electron chi connectivity index (χ1n) is 9.66. The quantitative estimate of drug-likeness (QED) is 0.568. The lowest BCUT2D eigenvalue weighted by molar-refractivity contribution is 0.0222. The predicted molar refractivity (Wildman–Crippen MR) is 113 cm³/mol. The molecule has 2 heterocycles. The van der Waals surface area contributed by atoms with Crippen molar-refractivity contribution in [1.29, 1.82) is 0 Å². The molecule has 0 unspecified atom stereocenters. The maximum atomic E-state index is 12.4. The Morgan fingerprint density at radius 1 is 1.22 bits per heavy atom. The maximum Gasteiger partial charge on any atom is 0.410 e. The van der Waals surface area contributed by atoms with Gasteiger partial charge in [-0.2, -0.15) is 5.10 Å². The molecule has 2 aliphatic rings. The average molecular weight is 479 g/mol. The van der Waals surface area contributed by atoms with Crippen molar-refractivity contribution >= 4 is 28.7 Å². The molecule has 0 saturated heterocycles. The molecule has 1 aromatic heterocycles. The van der Waals surface area contributed by atoms with E-state index in [2.05, 4.69) is 46.9 Å². The second kappa shape index (κ2) is 7.11. The van der Waals surface area contributed by atoms with E-state index in [1.807, 2.05) is 25.5 Å². The molecule has 6 heteroatoms. The van der Waals surface area contributed by atoms with Gasteiger partial charge in [0.25, 0.3) is 0 Å². The minimum absolute atomic E-state index is 0.249. The first-order valence-corrected chi connectivity index (χ1v) is 10.7. The maximum absolute atomic E-state index is 12.4. The van der Waals surface area contributed by atoms with Crippen LogP contribution in [0.4, 0.5) is 4.79 Å². The molecule has 1 amide bonds. The second-order valence-corrected chi connectivity index (χ2v) is 9.52. The van der Waals surface area contributed by atoms with Gasteiger partial charge in [0.2, 0.25) is 0 Å². The Labute approximate surface area is 174 Å². The minimum Gasteiger partial charge on any atom is -0.444 e. The number of halogens is 1. The largest absolute Gasteiger partial charge is 0.444 e. The molecular formula is C21H26IN3O2. The fraction of sp³-hybridized carbons (Fsp3) is 0.524. The number of benzene rings is 1. The van der Waals surface area contributed by atoms with Crippen molar-refractivity contribution < 1.29 is 9.53 Å². The number of rotatable bonds is 2. The van der Waals surface area contributed by atoms with Gasteiger partial charge in [0.1, 0.15) is 9.30 Å². The minimum atomic E-state index is -0.475. The lowest BCUT2D eigenvalue weighted by Crippen LogP contribution is -2.40. The molecule has 0 bridgehead atoms. The third-order valence-corrected chi connectivity index (χ3v) is 6.24. The summed E-state index contributed by atoms with van der Waals surface area (Å²) in [5.41, 5.74) is 4.41. The first kappa shape index (κ1) is 18.8. The van der Waals surface area contributed by atoms with E-state index in [-0.39, 0.29) is 6.09 Å². The van der Waals surface area contributed by atoms with Crippen LogP contribution in [0.3, 0.4) is 0 Å². The van der Waals surface area contributed by atoms with Crippen LogP contribution in [0.15, 0.2) is 24.3 Å². The molecule has 0 N–H and O–H groups in total. The molecular weight excluding hydrogens is 453 g/mol. The Morgan fingerprint density at radius 3 is 2.52 bits per heavy atom. The molecule has 144 valence electrons. The average Bonchev–Trinajstić information content (AvgIpc) is 2.89. The van der Waals surface area contributed by atoms with Crippen molar-refractivity contribution in [2.75, 3.05) is 6.54 Å². The van der Waals surface area contributed by atoms with E-state index < -0.39 is 5.60 Å². The molecule has 1 aliphatic carbocycles. The Balaban J connectivity index is 1.55. The third kappa shape index (κ3) is 3.86. The van der Waals surface area contributed by atoms with Gasteiger partial charge < -0.3 is 9.64 Å². The van der Waals surface area contributed by atoms with Gasteiger partial charge in [0, 0.05) is 18.5 Å². The molecule has 1 fully saturated rings. The number of hydrogen-bond acceptors (Lipinski definition) is 3. The number of hydrogen-bond donors (Lipinski definition) is 0. The van der Waals surface area contributed by atoms with Crippen LogP contribution in [0.2, 0.25) is 0 Å². The normalized spacial score (nSPS) is 17.4. The second-order valence-electron chi connectivity index (χ2n) is 8.50. The fourth-order valence-electron chi connectivity index (χ4n) is 3.70. The number of fused-ring (bicyclic) bond motifs is 1. The highest BCUT2D eigenvalue weighted by Crippen LogP contribution is 2.36. The highest BCUT2D eigenvalue weighted by molar-refractivity contribution is 14.1. The Bertz CT molecular complexity index is 848. The van der Waals surface area contributed by atoms with E-state index >= 15 is 0 Å². The van der Waals surface area contributed by atoms with Gasteiger partial charge in [-0.15, -0.1) is 0 Å². The van der Waals surface area contributed by atoms with Crippen LogP contribution in [0, 0.1) is 3.70 Å². The van der Waals surface area contributed by atoms with E-state index in [1.165, 1.54) is 30.5 Å². The number of carbonyl (C=O) groups excluding carboxylic acids is 1. The molecule has 27 heavy (non-hydrogen) atoms. The topological polar surface area (TPSA) is 47.4 Å². The van der Waals surface area contributed by atoms with Gasteiger partial charge in [-0.05, 0) is 79.8 Å². The fourth-order valence-corrected chi connectivity index (χ4v) is 4.40. The summed E-state index contributed by atoms with van der Waals surface area (Å²) in [6.45, 7) is 6.91. The lowest BCUT2D eigenvalue weighted by atomic mass is 9.80. The predicted octanol–water partition coefficient (Wildman–Crippen LogP) is 5.04. The van der Waals surface area contributed by atoms with Crippen molar-refractivity contribution in [1.82, 2.24) is 14.7 Å². The van der Waals surface area contributed by atoms with Crippen molar-refractivity contribution in [3.8, 4) is 5.69 Å². The zero-order valence-corrected chi connectivity index (χ0v) is 18.3. The summed E-state index contributed by atoms with van der Waals surface area (Å²) in [4.78, 5) is 14.2. The van der Waals surface area contributed by atoms with E-state index in [9.17, 15) is 4.79 Å². The van der Waals surface area contributed by atoms with Crippen LogP contribution in [0.1, 0.15) is 62.8 Å². The van der Waals surface area contributed by atoms with Crippen LogP contribution in [0.25, 0.3) is 5.69 Å². The van der Waals surface area contributed by atoms with Gasteiger partial charge in [-0.1, -0.05) is 18.6 Å². The standard InChI is InChI=1S/C21H26IN3O2/c1-21(2,3)27-20(26)24-12-11-18-17(13-24)19(22)23-25(18)16-9-7-15(8-10-16)14-5-4-6-14/h7-10,14H,4-6,11-13H2,1-3H3. The summed E-state index contributed by atoms with van der Waals surface area (Å²) in [5.74, 6) is 0.744. The van der Waals surface area contributed by atoms with E-state index in [4.69, 9.17) is 9.84 Å².